The molecule has 0 atom stereocenters. The van der Waals surface area contributed by atoms with Crippen molar-refractivity contribution in [1.29, 1.82) is 0 Å². The van der Waals surface area contributed by atoms with Gasteiger partial charge in [-0.2, -0.15) is 0 Å². The van der Waals surface area contributed by atoms with Crippen molar-refractivity contribution in [2.24, 2.45) is 11.8 Å². The number of hydrogen-bond acceptors (Lipinski definition) is 2. The molecule has 18 heavy (non-hydrogen) atoms. The number of allylic oxidation sites excluding steroid dienone is 2. The molecule has 1 N–H and O–H groups in total. The van der Waals surface area contributed by atoms with E-state index in [2.05, 4.69) is 0 Å². The van der Waals surface area contributed by atoms with E-state index in [1.807, 2.05) is 12.0 Å². The molecule has 0 aromatic carbocycles. The van der Waals surface area contributed by atoms with Crippen LogP contribution in [0.2, 0.25) is 0 Å². The maximum atomic E-state index is 11.1. The van der Waals surface area contributed by atoms with Crippen LogP contribution in [-0.2, 0) is 4.79 Å². The van der Waals surface area contributed by atoms with E-state index >= 15 is 0 Å². The van der Waals surface area contributed by atoms with Crippen LogP contribution in [0.4, 0.5) is 0 Å². The van der Waals surface area contributed by atoms with Gasteiger partial charge in [0.05, 0.1) is 5.57 Å². The van der Waals surface area contributed by atoms with Crippen molar-refractivity contribution < 1.29 is 9.90 Å². The van der Waals surface area contributed by atoms with Crippen LogP contribution in [0.1, 0.15) is 64.2 Å². The van der Waals surface area contributed by atoms with Crippen molar-refractivity contribution in [3.63, 3.8) is 0 Å². The monoisotopic (exact) mass is 248 g/mol. The second-order valence-corrected chi connectivity index (χ2v) is 5.80. The Labute approximate surface area is 110 Å². The fourth-order valence-corrected chi connectivity index (χ4v) is 3.35. The molecule has 2 aliphatic carbocycles. The van der Waals surface area contributed by atoms with E-state index in [0.29, 0.717) is 11.5 Å². The minimum atomic E-state index is 0.226. The van der Waals surface area contributed by atoms with Crippen LogP contribution in [0.25, 0.3) is 0 Å². The maximum absolute atomic E-state index is 11.1. The number of hydrogen-bond donors (Lipinski definition) is 1. The van der Waals surface area contributed by atoms with E-state index in [9.17, 15) is 9.90 Å². The lowest BCUT2D eigenvalue weighted by atomic mass is 9.82. The van der Waals surface area contributed by atoms with Gasteiger partial charge in [-0.25, -0.2) is 4.79 Å². The normalized spacial score (nSPS) is 23.7. The molecule has 0 aromatic heterocycles. The molecule has 100 valence electrons. The van der Waals surface area contributed by atoms with Gasteiger partial charge in [0.2, 0.25) is 0 Å². The smallest absolute Gasteiger partial charge is 0.132 e. The van der Waals surface area contributed by atoms with E-state index in [4.69, 9.17) is 0 Å². The summed E-state index contributed by atoms with van der Waals surface area (Å²) in [5.74, 6) is 2.95. The van der Waals surface area contributed by atoms with Crippen LogP contribution in [0, 0.1) is 11.8 Å². The highest BCUT2D eigenvalue weighted by Crippen LogP contribution is 2.33. The maximum Gasteiger partial charge on any atom is 0.132 e. The molecule has 0 saturated heterocycles. The molecule has 2 saturated carbocycles. The van der Waals surface area contributed by atoms with Crippen LogP contribution in [0.5, 0.6) is 0 Å². The zero-order valence-electron chi connectivity index (χ0n) is 11.2. The fraction of sp³-hybridized carbons (Fsp3) is 0.750. The third-order valence-electron chi connectivity index (χ3n) is 4.44. The van der Waals surface area contributed by atoms with Gasteiger partial charge in [-0.15, -0.1) is 0 Å². The number of aliphatic hydroxyl groups is 1. The Morgan fingerprint density at radius 2 is 1.50 bits per heavy atom. The predicted octanol–water partition coefficient (Wildman–Crippen LogP) is 4.35. The molecule has 0 aliphatic heterocycles. The van der Waals surface area contributed by atoms with Crippen LogP contribution < -0.4 is 0 Å². The lowest BCUT2D eigenvalue weighted by molar-refractivity contribution is 0.347. The van der Waals surface area contributed by atoms with Gasteiger partial charge in [0.15, 0.2) is 0 Å². The van der Waals surface area contributed by atoms with Gasteiger partial charge >= 0.3 is 0 Å². The van der Waals surface area contributed by atoms with Gasteiger partial charge < -0.3 is 5.11 Å². The van der Waals surface area contributed by atoms with E-state index in [1.165, 1.54) is 38.5 Å². The Balaban J connectivity index is 2.02. The van der Waals surface area contributed by atoms with Crippen LogP contribution in [0.15, 0.2) is 17.4 Å². The molecule has 0 unspecified atom stereocenters. The van der Waals surface area contributed by atoms with Crippen LogP contribution >= 0.6 is 0 Å². The Bertz CT molecular complexity index is 338. The molecule has 0 bridgehead atoms. The quantitative estimate of drug-likeness (QED) is 0.458. The summed E-state index contributed by atoms with van der Waals surface area (Å²) in [5, 5.41) is 10.2. The Hall–Kier alpha value is -1.01. The number of carbonyl (C=O) groups excluding carboxylic acids is 1. The second kappa shape index (κ2) is 6.80. The first-order valence-corrected chi connectivity index (χ1v) is 7.47. The molecule has 2 nitrogen and oxygen atoms in total. The summed E-state index contributed by atoms with van der Waals surface area (Å²) < 4.78 is 0. The zero-order chi connectivity index (χ0) is 12.8. The summed E-state index contributed by atoms with van der Waals surface area (Å²) in [6.45, 7) is 0. The summed E-state index contributed by atoms with van der Waals surface area (Å²) in [5.41, 5.74) is 0.542. The second-order valence-electron chi connectivity index (χ2n) is 5.80. The van der Waals surface area contributed by atoms with Crippen LogP contribution in [-0.4, -0.2) is 11.0 Å². The molecule has 0 aromatic rings. The number of rotatable bonds is 3. The summed E-state index contributed by atoms with van der Waals surface area (Å²) >= 11 is 0. The molecule has 0 radical (unpaired) electrons. The first kappa shape index (κ1) is 13.4. The average Bonchev–Trinajstić information content (AvgIpc) is 2.42. The molecule has 0 heterocycles. The van der Waals surface area contributed by atoms with E-state index in [1.54, 1.807) is 0 Å². The largest absolute Gasteiger partial charge is 0.507 e. The molecule has 2 rings (SSSR count). The number of aliphatic hydroxyl groups excluding tert-OH is 1. The van der Waals surface area contributed by atoms with Gasteiger partial charge in [-0.3, -0.25) is 0 Å². The SMILES string of the molecule is O=C=C(/C(O)=C/C1CCCCC1)C1CCCCC1. The van der Waals surface area contributed by atoms with Crippen molar-refractivity contribution in [3.8, 4) is 0 Å². The van der Waals surface area contributed by atoms with Crippen molar-refractivity contribution in [2.45, 2.75) is 64.2 Å². The van der Waals surface area contributed by atoms with Crippen molar-refractivity contribution in [3.05, 3.63) is 17.4 Å². The molecule has 2 aliphatic rings. The van der Waals surface area contributed by atoms with Gasteiger partial charge in [0, 0.05) is 0 Å². The first-order valence-electron chi connectivity index (χ1n) is 7.47. The Kier molecular flexibility index (Phi) is 5.07. The molecular weight excluding hydrogens is 224 g/mol. The van der Waals surface area contributed by atoms with E-state index in [-0.39, 0.29) is 11.7 Å². The lowest BCUT2D eigenvalue weighted by Crippen LogP contribution is -2.13. The Morgan fingerprint density at radius 3 is 2.06 bits per heavy atom. The molecule has 0 amide bonds. The molecule has 2 heteroatoms. The standard InChI is InChI=1S/C16H24O2/c17-12-15(14-9-5-2-6-10-14)16(18)11-13-7-3-1-4-8-13/h11,13-14,18H,1-10H2/b16-11-. The summed E-state index contributed by atoms with van der Waals surface area (Å²) in [6, 6.07) is 0. The highest BCUT2D eigenvalue weighted by molar-refractivity contribution is 5.60. The van der Waals surface area contributed by atoms with E-state index in [0.717, 1.165) is 25.7 Å². The van der Waals surface area contributed by atoms with E-state index < -0.39 is 0 Å². The van der Waals surface area contributed by atoms with Gasteiger partial charge in [-0.1, -0.05) is 38.5 Å². The highest BCUT2D eigenvalue weighted by atomic mass is 16.3. The van der Waals surface area contributed by atoms with Crippen LogP contribution in [0.3, 0.4) is 0 Å². The molecule has 0 spiro atoms. The van der Waals surface area contributed by atoms with Crippen molar-refractivity contribution in [1.82, 2.24) is 0 Å². The van der Waals surface area contributed by atoms with Gasteiger partial charge in [0.25, 0.3) is 0 Å². The van der Waals surface area contributed by atoms with Gasteiger partial charge in [0.1, 0.15) is 11.7 Å². The molecular formula is C16H24O2. The highest BCUT2D eigenvalue weighted by Gasteiger charge is 2.22. The average molecular weight is 248 g/mol. The molecule has 2 fully saturated rings. The summed E-state index contributed by atoms with van der Waals surface area (Å²) in [7, 11) is 0. The topological polar surface area (TPSA) is 37.3 Å². The summed E-state index contributed by atoms with van der Waals surface area (Å²) in [6.07, 6.45) is 13.7. The first-order chi connectivity index (χ1) is 8.81. The van der Waals surface area contributed by atoms with Crippen molar-refractivity contribution in [2.75, 3.05) is 0 Å². The predicted molar refractivity (Wildman–Crippen MR) is 73.1 cm³/mol. The van der Waals surface area contributed by atoms with Crippen molar-refractivity contribution >= 4 is 5.94 Å². The summed E-state index contributed by atoms with van der Waals surface area (Å²) in [4.78, 5) is 11.1. The Morgan fingerprint density at radius 1 is 0.944 bits per heavy atom. The van der Waals surface area contributed by atoms with Gasteiger partial charge in [-0.05, 0) is 43.6 Å². The zero-order valence-corrected chi connectivity index (χ0v) is 11.2. The minimum Gasteiger partial charge on any atom is -0.507 e. The third kappa shape index (κ3) is 3.49. The minimum absolute atomic E-state index is 0.226. The third-order valence-corrected chi connectivity index (χ3v) is 4.44. The lowest BCUT2D eigenvalue weighted by Gasteiger charge is -2.23. The fourth-order valence-electron chi connectivity index (χ4n) is 3.35.